The minimum Gasteiger partial charge on any atom is -0.497 e. The lowest BCUT2D eigenvalue weighted by Crippen LogP contribution is -2.31. The van der Waals surface area contributed by atoms with Gasteiger partial charge in [-0.05, 0) is 32.0 Å². The molecule has 4 rings (SSSR count). The largest absolute Gasteiger partial charge is 0.497 e. The molecule has 1 aliphatic rings. The van der Waals surface area contributed by atoms with Gasteiger partial charge in [0.25, 0.3) is 5.56 Å². The number of aromatic nitrogens is 3. The number of carbonyl (C=O) groups is 1. The van der Waals surface area contributed by atoms with Gasteiger partial charge in [-0.3, -0.25) is 14.2 Å². The van der Waals surface area contributed by atoms with Crippen LogP contribution in [0.2, 0.25) is 0 Å². The molecule has 1 aliphatic heterocycles. The van der Waals surface area contributed by atoms with Gasteiger partial charge in [0.2, 0.25) is 0 Å². The summed E-state index contributed by atoms with van der Waals surface area (Å²) < 4.78 is 8.26. The normalized spacial score (nSPS) is 13.2. The van der Waals surface area contributed by atoms with Crippen LogP contribution in [0, 0.1) is 23.2 Å². The zero-order valence-electron chi connectivity index (χ0n) is 19.7. The zero-order chi connectivity index (χ0) is 24.1. The van der Waals surface area contributed by atoms with Crippen molar-refractivity contribution in [1.82, 2.24) is 19.4 Å². The van der Waals surface area contributed by atoms with Crippen molar-refractivity contribution >= 4 is 35.0 Å². The molecule has 182 valence electrons. The quantitative estimate of drug-likeness (QED) is 0.413. The van der Waals surface area contributed by atoms with Crippen LogP contribution in [0.4, 0.5) is 5.82 Å². The molecule has 3 aromatic rings. The molecule has 0 atom stereocenters. The van der Waals surface area contributed by atoms with Crippen molar-refractivity contribution in [1.29, 1.82) is 5.26 Å². The van der Waals surface area contributed by atoms with E-state index in [1.807, 2.05) is 0 Å². The van der Waals surface area contributed by atoms with Crippen LogP contribution in [-0.4, -0.2) is 53.2 Å². The van der Waals surface area contributed by atoms with Crippen molar-refractivity contribution in [2.45, 2.75) is 26.4 Å². The maximum Gasteiger partial charge on any atom is 0.278 e. The number of nitriles is 1. The van der Waals surface area contributed by atoms with Gasteiger partial charge in [0.15, 0.2) is 5.78 Å². The second-order valence-electron chi connectivity index (χ2n) is 7.94. The van der Waals surface area contributed by atoms with Gasteiger partial charge in [-0.25, -0.2) is 4.98 Å². The van der Waals surface area contributed by atoms with E-state index >= 15 is 0 Å². The van der Waals surface area contributed by atoms with Crippen LogP contribution in [0.5, 0.6) is 5.75 Å². The van der Waals surface area contributed by atoms with E-state index in [1.165, 1.54) is 18.0 Å². The highest BCUT2D eigenvalue weighted by molar-refractivity contribution is 5.96. The van der Waals surface area contributed by atoms with E-state index in [-0.39, 0.29) is 42.4 Å². The third-order valence-electron chi connectivity index (χ3n) is 5.87. The fourth-order valence-corrected chi connectivity index (χ4v) is 4.21. The second kappa shape index (κ2) is 11.6. The molecule has 35 heavy (non-hydrogen) atoms. The van der Waals surface area contributed by atoms with Crippen molar-refractivity contribution in [3.8, 4) is 23.7 Å². The molecular weight excluding hydrogens is 468 g/mol. The minimum absolute atomic E-state index is 0. The smallest absolute Gasteiger partial charge is 0.278 e. The first-order chi connectivity index (χ1) is 16.6. The molecule has 3 heterocycles. The summed E-state index contributed by atoms with van der Waals surface area (Å²) in [5, 5.41) is 13.4. The van der Waals surface area contributed by atoms with E-state index in [0.717, 1.165) is 26.1 Å². The molecule has 0 bridgehead atoms. The van der Waals surface area contributed by atoms with Crippen molar-refractivity contribution in [3.63, 3.8) is 0 Å². The fraction of sp³-hybridized carbons (Fsp3) is 0.360. The Bertz CT molecular complexity index is 1380. The SMILES string of the molecule is CC#CCn1c(N2CCCNCC2)c(C#N)c2ncn(CC(=O)c3cccc(OC)c3)c(=O)c21.Cl. The molecule has 9 nitrogen and oxygen atoms in total. The van der Waals surface area contributed by atoms with E-state index in [4.69, 9.17) is 4.74 Å². The van der Waals surface area contributed by atoms with Gasteiger partial charge in [0.05, 0.1) is 26.5 Å². The average Bonchev–Trinajstić information content (AvgIpc) is 2.99. The molecule has 2 aromatic heterocycles. The monoisotopic (exact) mass is 494 g/mol. The lowest BCUT2D eigenvalue weighted by Gasteiger charge is -2.24. The molecule has 1 N–H and O–H groups in total. The maximum absolute atomic E-state index is 13.6. The van der Waals surface area contributed by atoms with Gasteiger partial charge < -0.3 is 19.5 Å². The lowest BCUT2D eigenvalue weighted by atomic mass is 10.1. The van der Waals surface area contributed by atoms with Crippen LogP contribution >= 0.6 is 12.4 Å². The van der Waals surface area contributed by atoms with E-state index in [9.17, 15) is 14.9 Å². The Morgan fingerprint density at radius 3 is 2.86 bits per heavy atom. The topological polar surface area (TPSA) is 105 Å². The Balaban J connectivity index is 0.00000342. The molecular formula is C25H27ClN6O3. The summed E-state index contributed by atoms with van der Waals surface area (Å²) in [5.74, 6) is 6.87. The molecule has 0 aliphatic carbocycles. The van der Waals surface area contributed by atoms with Crippen LogP contribution in [0.3, 0.4) is 0 Å². The molecule has 0 radical (unpaired) electrons. The van der Waals surface area contributed by atoms with Crippen molar-refractivity contribution in [3.05, 3.63) is 52.1 Å². The van der Waals surface area contributed by atoms with E-state index in [2.05, 4.69) is 33.1 Å². The number of halogens is 1. The first-order valence-electron chi connectivity index (χ1n) is 11.1. The lowest BCUT2D eigenvalue weighted by molar-refractivity contribution is 0.0970. The molecule has 1 saturated heterocycles. The molecule has 0 spiro atoms. The van der Waals surface area contributed by atoms with Gasteiger partial charge in [0, 0.05) is 25.2 Å². The van der Waals surface area contributed by atoms with Crippen LogP contribution in [0.15, 0.2) is 35.4 Å². The van der Waals surface area contributed by atoms with Crippen LogP contribution in [0.25, 0.3) is 11.0 Å². The van der Waals surface area contributed by atoms with Crippen LogP contribution < -0.4 is 20.5 Å². The van der Waals surface area contributed by atoms with Gasteiger partial charge in [-0.15, -0.1) is 18.3 Å². The molecule has 1 aromatic carbocycles. The summed E-state index contributed by atoms with van der Waals surface area (Å²) in [7, 11) is 1.53. The fourth-order valence-electron chi connectivity index (χ4n) is 4.21. The number of methoxy groups -OCH3 is 1. The number of hydrogen-bond donors (Lipinski definition) is 1. The van der Waals surface area contributed by atoms with Gasteiger partial charge in [0.1, 0.15) is 34.2 Å². The first-order valence-corrected chi connectivity index (χ1v) is 11.1. The number of ketones is 1. The standard InChI is InChI=1S/C25H26N6O3.ClH/c1-3-4-12-31-23-22(20(15-26)24(31)29-11-6-9-27-10-13-29)28-17-30(25(23)33)16-21(32)18-7-5-8-19(14-18)34-2;/h5,7-8,14,17,27H,6,9-13,16H2,1-2H3;1H. The summed E-state index contributed by atoms with van der Waals surface area (Å²) in [6.07, 6.45) is 2.26. The number of Topliss-reactive ketones (excluding diaryl/α,β-unsaturated/α-hetero) is 1. The highest BCUT2D eigenvalue weighted by Gasteiger charge is 2.26. The number of carbonyl (C=O) groups excluding carboxylic acids is 1. The number of ether oxygens (including phenoxy) is 1. The maximum atomic E-state index is 13.6. The molecule has 1 fully saturated rings. The van der Waals surface area contributed by atoms with E-state index in [1.54, 1.807) is 35.8 Å². The number of anilines is 1. The zero-order valence-corrected chi connectivity index (χ0v) is 20.5. The van der Waals surface area contributed by atoms with Crippen molar-refractivity contribution < 1.29 is 9.53 Å². The van der Waals surface area contributed by atoms with E-state index < -0.39 is 0 Å². The van der Waals surface area contributed by atoms with E-state index in [0.29, 0.717) is 34.8 Å². The Morgan fingerprint density at radius 2 is 2.11 bits per heavy atom. The third-order valence-corrected chi connectivity index (χ3v) is 5.87. The predicted molar refractivity (Wildman–Crippen MR) is 136 cm³/mol. The van der Waals surface area contributed by atoms with Gasteiger partial charge >= 0.3 is 0 Å². The Morgan fingerprint density at radius 1 is 1.29 bits per heavy atom. The van der Waals surface area contributed by atoms with Crippen molar-refractivity contribution in [2.75, 3.05) is 38.2 Å². The van der Waals surface area contributed by atoms with Crippen molar-refractivity contribution in [2.24, 2.45) is 0 Å². The molecule has 0 amide bonds. The number of nitrogens with one attached hydrogen (secondary N) is 1. The summed E-state index contributed by atoms with van der Waals surface area (Å²) in [6.45, 7) is 4.93. The van der Waals surface area contributed by atoms with Crippen LogP contribution in [0.1, 0.15) is 29.3 Å². The highest BCUT2D eigenvalue weighted by Crippen LogP contribution is 2.30. The minimum atomic E-state index is -0.380. The summed E-state index contributed by atoms with van der Waals surface area (Å²) in [5.41, 5.74) is 1.04. The Labute approximate surface area is 209 Å². The number of rotatable bonds is 6. The van der Waals surface area contributed by atoms with Gasteiger partial charge in [-0.2, -0.15) is 5.26 Å². The Hall–Kier alpha value is -3.79. The highest BCUT2D eigenvalue weighted by atomic mass is 35.5. The third kappa shape index (κ3) is 5.17. The second-order valence-corrected chi connectivity index (χ2v) is 7.94. The van der Waals surface area contributed by atoms with Gasteiger partial charge in [-0.1, -0.05) is 18.1 Å². The summed E-state index contributed by atoms with van der Waals surface area (Å²) in [6, 6.07) is 9.05. The average molecular weight is 495 g/mol. The summed E-state index contributed by atoms with van der Waals surface area (Å²) >= 11 is 0. The first kappa shape index (κ1) is 25.8. The summed E-state index contributed by atoms with van der Waals surface area (Å²) in [4.78, 5) is 33.0. The Kier molecular flexibility index (Phi) is 8.53. The molecule has 0 saturated carbocycles. The van der Waals surface area contributed by atoms with Crippen LogP contribution in [-0.2, 0) is 13.1 Å². The molecule has 0 unspecified atom stereocenters. The molecule has 10 heteroatoms. The predicted octanol–water partition coefficient (Wildman–Crippen LogP) is 2.21. The number of hydrogen-bond acceptors (Lipinski definition) is 7. The number of nitrogens with zero attached hydrogens (tertiary/aromatic N) is 5. The number of fused-ring (bicyclic) bond motifs is 1. The number of benzene rings is 1.